The number of carbonyl (C=O) groups is 1. The van der Waals surface area contributed by atoms with Gasteiger partial charge in [-0.2, -0.15) is 5.26 Å². The molecule has 2 aromatic rings. The Morgan fingerprint density at radius 2 is 1.95 bits per heavy atom. The van der Waals surface area contributed by atoms with Crippen molar-refractivity contribution in [2.75, 3.05) is 0 Å². The van der Waals surface area contributed by atoms with Crippen LogP contribution in [0.3, 0.4) is 0 Å². The second-order valence-electron chi connectivity index (χ2n) is 11.6. The molecule has 1 aromatic carbocycles. The van der Waals surface area contributed by atoms with Crippen LogP contribution in [0.2, 0.25) is 0 Å². The molecule has 8 heteroatoms. The van der Waals surface area contributed by atoms with E-state index in [1.54, 1.807) is 31.2 Å². The third kappa shape index (κ3) is 7.18. The summed E-state index contributed by atoms with van der Waals surface area (Å²) in [4.78, 5) is 26.8. The highest BCUT2D eigenvalue weighted by molar-refractivity contribution is 5.94. The van der Waals surface area contributed by atoms with E-state index >= 15 is 0 Å². The van der Waals surface area contributed by atoms with Gasteiger partial charge in [-0.1, -0.05) is 66.0 Å². The van der Waals surface area contributed by atoms with Crippen molar-refractivity contribution in [3.63, 3.8) is 0 Å². The van der Waals surface area contributed by atoms with Gasteiger partial charge in [-0.3, -0.25) is 9.36 Å². The number of benzene rings is 1. The molecule has 4 atom stereocenters. The summed E-state index contributed by atoms with van der Waals surface area (Å²) in [6.07, 6.45) is 6.53. The molecule has 1 aromatic heterocycles. The maximum atomic E-state index is 13.5. The second-order valence-corrected chi connectivity index (χ2v) is 11.6. The molecule has 1 N–H and O–H groups in total. The maximum absolute atomic E-state index is 13.5. The van der Waals surface area contributed by atoms with E-state index in [0.29, 0.717) is 24.3 Å². The van der Waals surface area contributed by atoms with Gasteiger partial charge in [-0.25, -0.2) is 4.79 Å². The summed E-state index contributed by atoms with van der Waals surface area (Å²) < 4.78 is 7.25. The van der Waals surface area contributed by atoms with E-state index in [1.807, 2.05) is 6.07 Å². The number of rotatable bonds is 11. The molecule has 40 heavy (non-hydrogen) atoms. The molecule has 1 heterocycles. The lowest BCUT2D eigenvalue weighted by Gasteiger charge is -2.36. The molecular weight excluding hydrogens is 504 g/mol. The van der Waals surface area contributed by atoms with E-state index in [2.05, 4.69) is 44.8 Å². The Bertz CT molecular complexity index is 1310. The Kier molecular flexibility index (Phi) is 11.1. The molecule has 1 saturated carbocycles. The van der Waals surface area contributed by atoms with Crippen LogP contribution in [-0.4, -0.2) is 21.7 Å². The summed E-state index contributed by atoms with van der Waals surface area (Å²) in [6, 6.07) is 8.80. The summed E-state index contributed by atoms with van der Waals surface area (Å²) >= 11 is 0. The smallest absolute Gasteiger partial charge is 0.340 e. The summed E-state index contributed by atoms with van der Waals surface area (Å²) in [5.41, 5.74) is 0.271. The van der Waals surface area contributed by atoms with Gasteiger partial charge in [0.05, 0.1) is 5.56 Å². The number of azo groups is 1. The van der Waals surface area contributed by atoms with Crippen molar-refractivity contribution in [1.82, 2.24) is 4.57 Å². The zero-order chi connectivity index (χ0) is 29.4. The third-order valence-corrected chi connectivity index (χ3v) is 8.35. The quantitative estimate of drug-likeness (QED) is 0.226. The summed E-state index contributed by atoms with van der Waals surface area (Å²) in [5, 5.41) is 29.1. The van der Waals surface area contributed by atoms with Crippen molar-refractivity contribution >= 4 is 17.3 Å². The maximum Gasteiger partial charge on any atom is 0.340 e. The van der Waals surface area contributed by atoms with Crippen molar-refractivity contribution in [3.05, 3.63) is 51.3 Å². The minimum absolute atomic E-state index is 0.00200. The molecule has 0 spiro atoms. The van der Waals surface area contributed by atoms with Gasteiger partial charge < -0.3 is 9.84 Å². The molecule has 0 bridgehead atoms. The van der Waals surface area contributed by atoms with Crippen molar-refractivity contribution in [2.24, 2.45) is 33.9 Å². The largest absolute Gasteiger partial charge is 0.493 e. The van der Waals surface area contributed by atoms with Crippen LogP contribution in [-0.2, 0) is 11.3 Å². The molecule has 0 saturated heterocycles. The first-order valence-electron chi connectivity index (χ1n) is 14.7. The zero-order valence-electron chi connectivity index (χ0n) is 24.8. The fourth-order valence-corrected chi connectivity index (χ4v) is 5.69. The molecule has 1 aliphatic carbocycles. The Labute approximate surface area is 238 Å². The van der Waals surface area contributed by atoms with Crippen LogP contribution in [0.5, 0.6) is 5.88 Å². The number of esters is 1. The monoisotopic (exact) mass is 548 g/mol. The lowest BCUT2D eigenvalue weighted by atomic mass is 9.75. The topological polar surface area (TPSA) is 117 Å². The Morgan fingerprint density at radius 1 is 1.23 bits per heavy atom. The molecule has 8 nitrogen and oxygen atoms in total. The van der Waals surface area contributed by atoms with Gasteiger partial charge in [-0.05, 0) is 68.4 Å². The highest BCUT2D eigenvalue weighted by atomic mass is 16.5. The molecule has 216 valence electrons. The van der Waals surface area contributed by atoms with Gasteiger partial charge in [0.1, 0.15) is 23.4 Å². The first-order valence-corrected chi connectivity index (χ1v) is 14.7. The van der Waals surface area contributed by atoms with Crippen LogP contribution in [0.1, 0.15) is 101 Å². The Hall–Kier alpha value is -3.47. The van der Waals surface area contributed by atoms with Crippen LogP contribution in [0.4, 0.5) is 11.4 Å². The first-order chi connectivity index (χ1) is 19.1. The molecule has 0 radical (unpaired) electrons. The Morgan fingerprint density at radius 3 is 2.60 bits per heavy atom. The van der Waals surface area contributed by atoms with Gasteiger partial charge in [0, 0.05) is 12.1 Å². The number of ether oxygens (including phenoxy) is 1. The first kappa shape index (κ1) is 31.1. The number of unbranched alkanes of at least 4 members (excludes halogenated alkanes) is 1. The average molecular weight is 549 g/mol. The molecule has 4 unspecified atom stereocenters. The lowest BCUT2D eigenvalue weighted by Crippen LogP contribution is -2.35. The van der Waals surface area contributed by atoms with Crippen molar-refractivity contribution < 1.29 is 14.6 Å². The number of pyridine rings is 1. The van der Waals surface area contributed by atoms with E-state index in [0.717, 1.165) is 44.9 Å². The minimum atomic E-state index is -0.510. The van der Waals surface area contributed by atoms with E-state index in [9.17, 15) is 20.0 Å². The summed E-state index contributed by atoms with van der Waals surface area (Å²) in [5.74, 6) is 0.685. The number of nitriles is 1. The molecular formula is C32H44N4O4. The number of carbonyl (C=O) groups excluding carboxylic acids is 1. The van der Waals surface area contributed by atoms with E-state index in [4.69, 9.17) is 4.74 Å². The van der Waals surface area contributed by atoms with Crippen LogP contribution in [0.15, 0.2) is 39.3 Å². The van der Waals surface area contributed by atoms with Crippen molar-refractivity contribution in [1.29, 1.82) is 5.26 Å². The Balaban J connectivity index is 1.95. The highest BCUT2D eigenvalue weighted by Gasteiger charge is 2.34. The number of hydrogen-bond acceptors (Lipinski definition) is 7. The summed E-state index contributed by atoms with van der Waals surface area (Å²) in [6.45, 7) is 12.6. The SMILES string of the molecule is CCCCC(CC)Cn1c(O)c(C#N)c(C)c(N=Nc2ccccc2C(=O)OC2CCC(C)CC2C(C)C)c1=O. The summed E-state index contributed by atoms with van der Waals surface area (Å²) in [7, 11) is 0. The third-order valence-electron chi connectivity index (χ3n) is 8.35. The zero-order valence-corrected chi connectivity index (χ0v) is 24.8. The van der Waals surface area contributed by atoms with Crippen molar-refractivity contribution in [3.8, 4) is 11.9 Å². The predicted molar refractivity (Wildman–Crippen MR) is 156 cm³/mol. The minimum Gasteiger partial charge on any atom is -0.493 e. The average Bonchev–Trinajstić information content (AvgIpc) is 2.94. The number of nitrogens with zero attached hydrogens (tertiary/aromatic N) is 4. The van der Waals surface area contributed by atoms with Gasteiger partial charge in [-0.15, -0.1) is 10.2 Å². The van der Waals surface area contributed by atoms with Gasteiger partial charge in [0.2, 0.25) is 5.88 Å². The predicted octanol–water partition coefficient (Wildman–Crippen LogP) is 7.98. The normalized spacial score (nSPS) is 20.0. The van der Waals surface area contributed by atoms with Crippen LogP contribution in [0, 0.1) is 41.9 Å². The lowest BCUT2D eigenvalue weighted by molar-refractivity contribution is -0.0160. The van der Waals surface area contributed by atoms with Crippen LogP contribution in [0.25, 0.3) is 0 Å². The van der Waals surface area contributed by atoms with E-state index < -0.39 is 11.5 Å². The van der Waals surface area contributed by atoms with Gasteiger partial charge in [0.25, 0.3) is 5.56 Å². The molecule has 3 rings (SSSR count). The molecule has 0 amide bonds. The van der Waals surface area contributed by atoms with E-state index in [1.165, 1.54) is 4.57 Å². The van der Waals surface area contributed by atoms with Crippen LogP contribution < -0.4 is 5.56 Å². The van der Waals surface area contributed by atoms with Gasteiger partial charge in [0.15, 0.2) is 5.69 Å². The number of aromatic hydroxyl groups is 1. The number of hydrogen-bond donors (Lipinski definition) is 1. The fraction of sp³-hybridized carbons (Fsp3) is 0.594. The highest BCUT2D eigenvalue weighted by Crippen LogP contribution is 2.36. The van der Waals surface area contributed by atoms with E-state index in [-0.39, 0.29) is 46.0 Å². The standard InChI is InChI=1S/C32H44N4O4/c1-7-9-12-23(8-2)19-36-30(37)26(18-33)22(6)29(31(36)38)35-34-27-14-11-10-13-24(27)32(39)40-28-16-15-21(5)17-25(28)20(3)4/h10-11,13-14,20-21,23,25,28,37H,7-9,12,15-17,19H2,1-6H3. The molecule has 0 aliphatic heterocycles. The second kappa shape index (κ2) is 14.2. The van der Waals surface area contributed by atoms with Gasteiger partial charge >= 0.3 is 5.97 Å². The molecule has 1 fully saturated rings. The number of aromatic nitrogens is 1. The van der Waals surface area contributed by atoms with Crippen LogP contribution >= 0.6 is 0 Å². The fourth-order valence-electron chi connectivity index (χ4n) is 5.69. The molecule has 1 aliphatic rings. The van der Waals surface area contributed by atoms with Crippen molar-refractivity contribution in [2.45, 2.75) is 99.1 Å².